The summed E-state index contributed by atoms with van der Waals surface area (Å²) in [4.78, 5) is 4.59. The molecule has 0 spiro atoms. The van der Waals surface area contributed by atoms with Crippen molar-refractivity contribution in [2.24, 2.45) is 5.10 Å². The van der Waals surface area contributed by atoms with Crippen molar-refractivity contribution in [2.45, 2.75) is 0 Å². The number of benzene rings is 4. The fraction of sp³-hybridized carbons (Fsp3) is 0. The van der Waals surface area contributed by atoms with E-state index in [0.29, 0.717) is 0 Å². The van der Waals surface area contributed by atoms with Crippen LogP contribution < -0.4 is 21.3 Å². The van der Waals surface area contributed by atoms with E-state index >= 15 is 0 Å². The summed E-state index contributed by atoms with van der Waals surface area (Å²) in [6.45, 7) is 0. The molecule has 5 aromatic rings. The standard InChI is InChI=1S/C26H20N3PS/c1-3-12-21(13-4-1)30(22-14-5-2-6-15-22)24-17-9-7-11-20(24)19-27-29-26-28-23-16-8-10-18-25(23)31-26/h1-19H,(H,28,29)/b27-19+. The second-order valence-corrected chi connectivity index (χ2v) is 10.1. The molecule has 5 heteroatoms. The number of nitrogens with one attached hydrogen (secondary N) is 1. The van der Waals surface area contributed by atoms with Gasteiger partial charge in [0, 0.05) is 5.56 Å². The normalized spacial score (nSPS) is 11.4. The van der Waals surface area contributed by atoms with Crippen LogP contribution in [0.3, 0.4) is 0 Å². The number of hydrogen-bond donors (Lipinski definition) is 1. The smallest absolute Gasteiger partial charge is 0.204 e. The molecule has 1 N–H and O–H groups in total. The van der Waals surface area contributed by atoms with Gasteiger partial charge in [-0.1, -0.05) is 108 Å². The van der Waals surface area contributed by atoms with Gasteiger partial charge in [-0.05, 0) is 36.0 Å². The Morgan fingerprint density at radius 3 is 2.03 bits per heavy atom. The summed E-state index contributed by atoms with van der Waals surface area (Å²) < 4.78 is 1.15. The first-order valence-electron chi connectivity index (χ1n) is 10.0. The summed E-state index contributed by atoms with van der Waals surface area (Å²) in [5, 5.41) is 9.24. The molecule has 0 aliphatic carbocycles. The number of rotatable bonds is 6. The zero-order valence-corrected chi connectivity index (χ0v) is 18.4. The van der Waals surface area contributed by atoms with E-state index in [4.69, 9.17) is 0 Å². The molecule has 1 aromatic heterocycles. The maximum absolute atomic E-state index is 4.59. The zero-order chi connectivity index (χ0) is 20.9. The number of fused-ring (bicyclic) bond motifs is 1. The quantitative estimate of drug-likeness (QED) is 0.216. The lowest BCUT2D eigenvalue weighted by molar-refractivity contribution is 1.31. The van der Waals surface area contributed by atoms with E-state index in [-0.39, 0.29) is 0 Å². The molecule has 0 aliphatic heterocycles. The molecule has 3 nitrogen and oxygen atoms in total. The Bertz CT molecular complexity index is 1240. The maximum atomic E-state index is 4.59. The molecule has 1 heterocycles. The maximum Gasteiger partial charge on any atom is 0.204 e. The molecule has 0 amide bonds. The first kappa shape index (κ1) is 19.6. The molecule has 5 rings (SSSR count). The molecule has 4 aromatic carbocycles. The predicted molar refractivity (Wildman–Crippen MR) is 136 cm³/mol. The molecule has 31 heavy (non-hydrogen) atoms. The van der Waals surface area contributed by atoms with Gasteiger partial charge in [0.2, 0.25) is 5.13 Å². The van der Waals surface area contributed by atoms with E-state index < -0.39 is 7.92 Å². The minimum atomic E-state index is -0.686. The first-order chi connectivity index (χ1) is 15.4. The summed E-state index contributed by atoms with van der Waals surface area (Å²) in [6.07, 6.45) is 1.91. The van der Waals surface area contributed by atoms with Gasteiger partial charge in [0.25, 0.3) is 0 Å². The van der Waals surface area contributed by atoms with Gasteiger partial charge in [-0.2, -0.15) is 5.10 Å². The topological polar surface area (TPSA) is 37.3 Å². The average molecular weight is 438 g/mol. The molecule has 0 fully saturated rings. The molecule has 0 radical (unpaired) electrons. The van der Waals surface area contributed by atoms with Crippen LogP contribution in [0.5, 0.6) is 0 Å². The lowest BCUT2D eigenvalue weighted by atomic mass is 10.2. The predicted octanol–water partition coefficient (Wildman–Crippen LogP) is 5.50. The largest absolute Gasteiger partial charge is 0.253 e. The molecule has 150 valence electrons. The molecule has 0 saturated heterocycles. The molecule has 0 saturated carbocycles. The van der Waals surface area contributed by atoms with Crippen LogP contribution in [0.15, 0.2) is 114 Å². The Morgan fingerprint density at radius 1 is 0.710 bits per heavy atom. The third-order valence-electron chi connectivity index (χ3n) is 4.86. The monoisotopic (exact) mass is 437 g/mol. The van der Waals surface area contributed by atoms with Crippen molar-refractivity contribution in [3.05, 3.63) is 115 Å². The fourth-order valence-electron chi connectivity index (χ4n) is 3.46. The van der Waals surface area contributed by atoms with Gasteiger partial charge in [0.1, 0.15) is 0 Å². The second-order valence-electron chi connectivity index (χ2n) is 6.92. The van der Waals surface area contributed by atoms with Crippen molar-refractivity contribution < 1.29 is 0 Å². The van der Waals surface area contributed by atoms with Gasteiger partial charge in [0.15, 0.2) is 0 Å². The number of nitrogens with zero attached hydrogens (tertiary/aromatic N) is 2. The summed E-state index contributed by atoms with van der Waals surface area (Å²) in [5.74, 6) is 0. The lowest BCUT2D eigenvalue weighted by Gasteiger charge is -2.21. The number of aromatic nitrogens is 1. The minimum absolute atomic E-state index is 0.686. The third kappa shape index (κ3) is 4.41. The lowest BCUT2D eigenvalue weighted by Crippen LogP contribution is -2.23. The highest BCUT2D eigenvalue weighted by molar-refractivity contribution is 7.80. The van der Waals surface area contributed by atoms with Crippen molar-refractivity contribution >= 4 is 56.7 Å². The van der Waals surface area contributed by atoms with Crippen LogP contribution in [0.2, 0.25) is 0 Å². The number of anilines is 1. The first-order valence-corrected chi connectivity index (χ1v) is 12.2. The van der Waals surface area contributed by atoms with Crippen LogP contribution in [0.1, 0.15) is 5.56 Å². The fourth-order valence-corrected chi connectivity index (χ4v) is 6.69. The van der Waals surface area contributed by atoms with Crippen molar-refractivity contribution in [1.29, 1.82) is 0 Å². The number of hydrazone groups is 1. The highest BCUT2D eigenvalue weighted by Crippen LogP contribution is 2.33. The number of para-hydroxylation sites is 1. The zero-order valence-electron chi connectivity index (χ0n) is 16.7. The Morgan fingerprint density at radius 2 is 1.32 bits per heavy atom. The molecule has 0 bridgehead atoms. The Labute approximate surface area is 186 Å². The van der Waals surface area contributed by atoms with E-state index in [1.165, 1.54) is 15.9 Å². The van der Waals surface area contributed by atoms with Gasteiger partial charge in [-0.25, -0.2) is 4.98 Å². The Balaban J connectivity index is 1.49. The molecule has 0 unspecified atom stereocenters. The summed E-state index contributed by atoms with van der Waals surface area (Å²) in [5.41, 5.74) is 5.21. The third-order valence-corrected chi connectivity index (χ3v) is 8.32. The Hall–Kier alpha value is -3.33. The van der Waals surface area contributed by atoms with Crippen LogP contribution >= 0.6 is 19.3 Å². The van der Waals surface area contributed by atoms with E-state index in [0.717, 1.165) is 20.9 Å². The summed E-state index contributed by atoms with van der Waals surface area (Å²) in [6, 6.07) is 38.1. The minimum Gasteiger partial charge on any atom is -0.253 e. The van der Waals surface area contributed by atoms with Crippen LogP contribution in [-0.4, -0.2) is 11.2 Å². The van der Waals surface area contributed by atoms with Crippen LogP contribution in [-0.2, 0) is 0 Å². The van der Waals surface area contributed by atoms with Crippen molar-refractivity contribution in [1.82, 2.24) is 4.98 Å². The van der Waals surface area contributed by atoms with Gasteiger partial charge in [-0.15, -0.1) is 0 Å². The highest BCUT2D eigenvalue weighted by Gasteiger charge is 2.18. The summed E-state index contributed by atoms with van der Waals surface area (Å²) >= 11 is 1.60. The molecule has 0 aliphatic rings. The number of hydrogen-bond acceptors (Lipinski definition) is 4. The second kappa shape index (κ2) is 9.22. The van der Waals surface area contributed by atoms with Gasteiger partial charge in [0.05, 0.1) is 16.4 Å². The SMILES string of the molecule is C(=N\Nc1nc2ccccc2s1)/c1ccccc1P(c1ccccc1)c1ccccc1. The van der Waals surface area contributed by atoms with E-state index in [9.17, 15) is 0 Å². The van der Waals surface area contributed by atoms with E-state index in [1.54, 1.807) is 11.3 Å². The van der Waals surface area contributed by atoms with Crippen molar-refractivity contribution in [3.63, 3.8) is 0 Å². The van der Waals surface area contributed by atoms with Gasteiger partial charge in [-0.3, -0.25) is 5.43 Å². The summed E-state index contributed by atoms with van der Waals surface area (Å²) in [7, 11) is -0.686. The average Bonchev–Trinajstić information content (AvgIpc) is 3.25. The van der Waals surface area contributed by atoms with Crippen LogP contribution in [0.25, 0.3) is 10.2 Å². The van der Waals surface area contributed by atoms with Crippen molar-refractivity contribution in [3.8, 4) is 0 Å². The van der Waals surface area contributed by atoms with Crippen LogP contribution in [0, 0.1) is 0 Å². The van der Waals surface area contributed by atoms with Gasteiger partial charge >= 0.3 is 0 Å². The Kier molecular flexibility index (Phi) is 5.83. The van der Waals surface area contributed by atoms with Gasteiger partial charge < -0.3 is 0 Å². The van der Waals surface area contributed by atoms with E-state index in [1.807, 2.05) is 24.4 Å². The van der Waals surface area contributed by atoms with Crippen LogP contribution in [0.4, 0.5) is 5.13 Å². The molecular formula is C26H20N3PS. The number of thiazole rings is 1. The van der Waals surface area contributed by atoms with E-state index in [2.05, 4.69) is 107 Å². The molecular weight excluding hydrogens is 417 g/mol. The van der Waals surface area contributed by atoms with Crippen molar-refractivity contribution in [2.75, 3.05) is 5.43 Å². The highest BCUT2D eigenvalue weighted by atomic mass is 32.1. The molecule has 0 atom stereocenters.